The largest absolute Gasteiger partial charge is 0.351 e. The van der Waals surface area contributed by atoms with Crippen LogP contribution in [-0.4, -0.2) is 35.4 Å². The first kappa shape index (κ1) is 14.6. The van der Waals surface area contributed by atoms with Crippen molar-refractivity contribution in [3.63, 3.8) is 0 Å². The van der Waals surface area contributed by atoms with Gasteiger partial charge in [-0.1, -0.05) is 6.92 Å². The minimum Gasteiger partial charge on any atom is -0.351 e. The van der Waals surface area contributed by atoms with E-state index < -0.39 is 6.04 Å². The number of nitrogens with one attached hydrogen (secondary N) is 2. The Morgan fingerprint density at radius 2 is 1.80 bits per heavy atom. The maximum absolute atomic E-state index is 11.6. The van der Waals surface area contributed by atoms with Gasteiger partial charge in [0.05, 0.1) is 0 Å². The molecule has 0 aromatic carbocycles. The number of carbonyl (C=O) groups is 2. The van der Waals surface area contributed by atoms with E-state index in [-0.39, 0.29) is 23.6 Å². The summed E-state index contributed by atoms with van der Waals surface area (Å²) in [6, 6.07) is -0.531. The highest BCUT2D eigenvalue weighted by Gasteiger charge is 2.19. The fourth-order valence-corrected chi connectivity index (χ4v) is 1.62. The number of rotatable bonds is 6. The Balaban J connectivity index is 4.19. The summed E-state index contributed by atoms with van der Waals surface area (Å²) in [4.78, 5) is 22.4. The first-order chi connectivity index (χ1) is 7.04. The summed E-state index contributed by atoms with van der Waals surface area (Å²) in [5.41, 5.74) is 0. The quantitative estimate of drug-likeness (QED) is 0.511. The third-order valence-corrected chi connectivity index (χ3v) is 2.74. The number of amides is 2. The minimum absolute atomic E-state index is 0.0389. The van der Waals surface area contributed by atoms with Crippen LogP contribution in [0.2, 0.25) is 0 Å². The van der Waals surface area contributed by atoms with E-state index in [4.69, 9.17) is 0 Å². The molecule has 2 atom stereocenters. The molecule has 2 N–H and O–H groups in total. The third-order valence-electron chi connectivity index (χ3n) is 1.94. The van der Waals surface area contributed by atoms with E-state index in [1.165, 1.54) is 6.92 Å². The van der Waals surface area contributed by atoms with Crippen molar-refractivity contribution < 1.29 is 9.59 Å². The fraction of sp³-hybridized carbons (Fsp3) is 0.778. The van der Waals surface area contributed by atoms with Gasteiger partial charge in [-0.05, 0) is 6.42 Å². The standard InChI is InChI=1S/C9H18N2O2S2/c1-3-7(4-14)11-9(13)8(5-15)10-6(2)12/h7-8,14-15H,3-5H2,1-2H3,(H,10,12)(H,11,13). The molecule has 0 aliphatic carbocycles. The highest BCUT2D eigenvalue weighted by molar-refractivity contribution is 7.80. The molecular formula is C9H18N2O2S2. The molecule has 4 nitrogen and oxygen atoms in total. The number of thiol groups is 2. The average molecular weight is 250 g/mol. The second kappa shape index (κ2) is 7.87. The lowest BCUT2D eigenvalue weighted by Gasteiger charge is -2.19. The molecular weight excluding hydrogens is 232 g/mol. The fourth-order valence-electron chi connectivity index (χ4n) is 1.02. The van der Waals surface area contributed by atoms with Gasteiger partial charge in [-0.2, -0.15) is 25.3 Å². The van der Waals surface area contributed by atoms with Crippen LogP contribution in [0.3, 0.4) is 0 Å². The molecule has 0 rings (SSSR count). The van der Waals surface area contributed by atoms with Crippen LogP contribution in [0.4, 0.5) is 0 Å². The molecule has 0 fully saturated rings. The van der Waals surface area contributed by atoms with Crippen LogP contribution in [0.25, 0.3) is 0 Å². The van der Waals surface area contributed by atoms with Crippen molar-refractivity contribution in [3.8, 4) is 0 Å². The highest BCUT2D eigenvalue weighted by Crippen LogP contribution is 1.96. The van der Waals surface area contributed by atoms with Crippen LogP contribution in [0.5, 0.6) is 0 Å². The van der Waals surface area contributed by atoms with E-state index in [1.54, 1.807) is 0 Å². The molecule has 0 aromatic rings. The van der Waals surface area contributed by atoms with Gasteiger partial charge in [0.1, 0.15) is 6.04 Å². The van der Waals surface area contributed by atoms with Crippen LogP contribution in [0.1, 0.15) is 20.3 Å². The van der Waals surface area contributed by atoms with Crippen molar-refractivity contribution in [2.24, 2.45) is 0 Å². The van der Waals surface area contributed by atoms with Gasteiger partial charge < -0.3 is 10.6 Å². The lowest BCUT2D eigenvalue weighted by Crippen LogP contribution is -2.50. The molecule has 0 aliphatic heterocycles. The molecule has 88 valence electrons. The van der Waals surface area contributed by atoms with E-state index in [1.807, 2.05) is 6.92 Å². The predicted molar refractivity (Wildman–Crippen MR) is 67.5 cm³/mol. The third kappa shape index (κ3) is 5.94. The average Bonchev–Trinajstić information content (AvgIpc) is 2.21. The zero-order valence-electron chi connectivity index (χ0n) is 8.99. The van der Waals surface area contributed by atoms with Crippen LogP contribution in [0.15, 0.2) is 0 Å². The second-order valence-electron chi connectivity index (χ2n) is 3.23. The van der Waals surface area contributed by atoms with Gasteiger partial charge in [-0.25, -0.2) is 0 Å². The van der Waals surface area contributed by atoms with Gasteiger partial charge in [-0.15, -0.1) is 0 Å². The zero-order chi connectivity index (χ0) is 11.8. The normalized spacial score (nSPS) is 14.1. The Hall–Kier alpha value is -0.360. The molecule has 0 saturated heterocycles. The predicted octanol–water partition coefficient (Wildman–Crippen LogP) is 0.245. The molecule has 0 aliphatic rings. The highest BCUT2D eigenvalue weighted by atomic mass is 32.1. The van der Waals surface area contributed by atoms with E-state index in [0.29, 0.717) is 5.75 Å². The SMILES string of the molecule is CCC(CS)NC(=O)C(CS)NC(C)=O. The van der Waals surface area contributed by atoms with Crippen molar-refractivity contribution in [1.29, 1.82) is 0 Å². The molecule has 2 amide bonds. The van der Waals surface area contributed by atoms with Crippen molar-refractivity contribution in [3.05, 3.63) is 0 Å². The summed E-state index contributed by atoms with van der Waals surface area (Å²) < 4.78 is 0. The summed E-state index contributed by atoms with van der Waals surface area (Å²) in [7, 11) is 0. The van der Waals surface area contributed by atoms with Crippen LogP contribution >= 0.6 is 25.3 Å². The maximum Gasteiger partial charge on any atom is 0.243 e. The minimum atomic E-state index is -0.570. The first-order valence-electron chi connectivity index (χ1n) is 4.84. The summed E-state index contributed by atoms with van der Waals surface area (Å²) >= 11 is 8.13. The summed E-state index contributed by atoms with van der Waals surface area (Å²) in [6.07, 6.45) is 0.814. The Morgan fingerprint density at radius 1 is 1.20 bits per heavy atom. The Bertz CT molecular complexity index is 220. The van der Waals surface area contributed by atoms with Crippen LogP contribution in [-0.2, 0) is 9.59 Å². The summed E-state index contributed by atoms with van der Waals surface area (Å²) in [6.45, 7) is 3.34. The topological polar surface area (TPSA) is 58.2 Å². The van der Waals surface area contributed by atoms with E-state index in [0.717, 1.165) is 6.42 Å². The number of hydrogen-bond donors (Lipinski definition) is 4. The summed E-state index contributed by atoms with van der Waals surface area (Å²) in [5, 5.41) is 5.32. The number of carbonyl (C=O) groups excluding carboxylic acids is 2. The maximum atomic E-state index is 11.6. The van der Waals surface area contributed by atoms with E-state index in [2.05, 4.69) is 35.9 Å². The molecule has 0 aromatic heterocycles. The van der Waals surface area contributed by atoms with Crippen LogP contribution in [0, 0.1) is 0 Å². The van der Waals surface area contributed by atoms with Gasteiger partial charge in [0.15, 0.2) is 0 Å². The lowest BCUT2D eigenvalue weighted by molar-refractivity contribution is -0.127. The molecule has 0 bridgehead atoms. The van der Waals surface area contributed by atoms with Gasteiger partial charge >= 0.3 is 0 Å². The molecule has 0 radical (unpaired) electrons. The Morgan fingerprint density at radius 3 is 2.13 bits per heavy atom. The van der Waals surface area contributed by atoms with Crippen LogP contribution < -0.4 is 10.6 Å². The van der Waals surface area contributed by atoms with E-state index >= 15 is 0 Å². The van der Waals surface area contributed by atoms with Gasteiger partial charge in [-0.3, -0.25) is 9.59 Å². The number of hydrogen-bond acceptors (Lipinski definition) is 4. The molecule has 0 saturated carbocycles. The smallest absolute Gasteiger partial charge is 0.243 e. The molecule has 0 heterocycles. The Labute approximate surface area is 101 Å². The van der Waals surface area contributed by atoms with Gasteiger partial charge in [0, 0.05) is 24.5 Å². The molecule has 2 unspecified atom stereocenters. The van der Waals surface area contributed by atoms with Gasteiger partial charge in [0.2, 0.25) is 11.8 Å². The zero-order valence-corrected chi connectivity index (χ0v) is 10.8. The molecule has 0 spiro atoms. The van der Waals surface area contributed by atoms with Crippen molar-refractivity contribution in [2.75, 3.05) is 11.5 Å². The first-order valence-corrected chi connectivity index (χ1v) is 6.10. The molecule has 15 heavy (non-hydrogen) atoms. The van der Waals surface area contributed by atoms with E-state index in [9.17, 15) is 9.59 Å². The monoisotopic (exact) mass is 250 g/mol. The second-order valence-corrected chi connectivity index (χ2v) is 3.96. The van der Waals surface area contributed by atoms with Gasteiger partial charge in [0.25, 0.3) is 0 Å². The molecule has 6 heteroatoms. The summed E-state index contributed by atoms with van der Waals surface area (Å²) in [5.74, 6) is 0.431. The lowest BCUT2D eigenvalue weighted by atomic mass is 10.2. The Kier molecular flexibility index (Phi) is 7.68. The van der Waals surface area contributed by atoms with Crippen molar-refractivity contribution in [2.45, 2.75) is 32.4 Å². The van der Waals surface area contributed by atoms with Crippen molar-refractivity contribution in [1.82, 2.24) is 10.6 Å². The van der Waals surface area contributed by atoms with Crippen molar-refractivity contribution >= 4 is 37.1 Å².